The van der Waals surface area contributed by atoms with Crippen LogP contribution in [0.15, 0.2) is 17.5 Å². The van der Waals surface area contributed by atoms with Crippen LogP contribution in [0, 0.1) is 5.92 Å². The maximum Gasteiger partial charge on any atom is 0.344 e. The summed E-state index contributed by atoms with van der Waals surface area (Å²) in [5, 5.41) is 13.4. The van der Waals surface area contributed by atoms with Crippen LogP contribution < -0.4 is 0 Å². The first-order chi connectivity index (χ1) is 11.6. The Labute approximate surface area is 160 Å². The van der Waals surface area contributed by atoms with E-state index in [4.69, 9.17) is 4.74 Å². The van der Waals surface area contributed by atoms with Crippen molar-refractivity contribution in [3.8, 4) is 0 Å². The second-order valence-corrected chi connectivity index (χ2v) is 8.66. The number of carbonyl (C=O) groups excluding carboxylic acids is 1. The smallest absolute Gasteiger partial charge is 0.344 e. The van der Waals surface area contributed by atoms with Crippen molar-refractivity contribution in [1.29, 1.82) is 0 Å². The number of hydrogen-bond donors (Lipinski definition) is 1. The van der Waals surface area contributed by atoms with Crippen LogP contribution in [-0.2, 0) is 15.1 Å². The highest BCUT2D eigenvalue weighted by Gasteiger charge is 2.51. The normalized spacial score (nSPS) is 32.2. The first-order valence-electron chi connectivity index (χ1n) is 9.30. The number of thiophene rings is 1. The molecule has 4 nitrogen and oxygen atoms in total. The number of ether oxygens (including phenoxy) is 1. The standard InChI is InChI=1S/C19H27NO3S.ClH/c1-20-14-8-10-15(20)16(11-9-14)23-18(21)19(22,13-5-2-3-6-13)17-7-4-12-24-17;/h4,7,12-16,22H,2-3,5-6,8-11H2,1H3;1H/t14-,15-,16+,19+;/m0./s1. The van der Waals surface area contributed by atoms with Crippen molar-refractivity contribution < 1.29 is 14.6 Å². The van der Waals surface area contributed by atoms with E-state index in [2.05, 4.69) is 11.9 Å². The molecule has 6 heteroatoms. The summed E-state index contributed by atoms with van der Waals surface area (Å²) in [6.07, 6.45) is 8.22. The molecule has 4 rings (SSSR count). The van der Waals surface area contributed by atoms with Crippen molar-refractivity contribution in [2.24, 2.45) is 5.92 Å². The van der Waals surface area contributed by atoms with Crippen molar-refractivity contribution in [2.75, 3.05) is 7.05 Å². The minimum absolute atomic E-state index is 0. The van der Waals surface area contributed by atoms with Crippen LogP contribution in [0.1, 0.15) is 56.2 Å². The van der Waals surface area contributed by atoms with Gasteiger partial charge in [-0.2, -0.15) is 0 Å². The maximum atomic E-state index is 13.1. The third kappa shape index (κ3) is 3.25. The Hall–Kier alpha value is -0.620. The number of fused-ring (bicyclic) bond motifs is 2. The van der Waals surface area contributed by atoms with Gasteiger partial charge in [-0.25, -0.2) is 4.79 Å². The van der Waals surface area contributed by atoms with Crippen molar-refractivity contribution in [3.63, 3.8) is 0 Å². The van der Waals surface area contributed by atoms with Gasteiger partial charge in [-0.05, 0) is 57.0 Å². The van der Waals surface area contributed by atoms with E-state index in [0.29, 0.717) is 12.1 Å². The van der Waals surface area contributed by atoms with Crippen molar-refractivity contribution >= 4 is 29.7 Å². The summed E-state index contributed by atoms with van der Waals surface area (Å²) in [6.45, 7) is 0. The highest BCUT2D eigenvalue weighted by molar-refractivity contribution is 7.10. The third-order valence-corrected chi connectivity index (χ3v) is 7.52. The van der Waals surface area contributed by atoms with Crippen LogP contribution in [0.2, 0.25) is 0 Å². The molecule has 2 saturated heterocycles. The molecule has 25 heavy (non-hydrogen) atoms. The zero-order valence-electron chi connectivity index (χ0n) is 14.7. The largest absolute Gasteiger partial charge is 0.458 e. The maximum absolute atomic E-state index is 13.1. The Morgan fingerprint density at radius 2 is 1.96 bits per heavy atom. The molecule has 0 radical (unpaired) electrons. The predicted octanol–water partition coefficient (Wildman–Crippen LogP) is 3.72. The molecule has 140 valence electrons. The van der Waals surface area contributed by atoms with E-state index in [1.54, 1.807) is 0 Å². The van der Waals surface area contributed by atoms with Gasteiger partial charge in [0.1, 0.15) is 6.10 Å². The highest BCUT2D eigenvalue weighted by Crippen LogP contribution is 2.44. The molecule has 0 amide bonds. The number of rotatable bonds is 4. The summed E-state index contributed by atoms with van der Waals surface area (Å²) in [4.78, 5) is 16.2. The van der Waals surface area contributed by atoms with Gasteiger partial charge in [-0.1, -0.05) is 18.9 Å². The van der Waals surface area contributed by atoms with E-state index in [1.165, 1.54) is 17.8 Å². The lowest BCUT2D eigenvalue weighted by molar-refractivity contribution is -0.183. The zero-order chi connectivity index (χ0) is 16.7. The molecule has 0 unspecified atom stereocenters. The number of likely N-dealkylation sites (N-methyl/N-ethyl adjacent to an activating group) is 1. The van der Waals surface area contributed by atoms with Gasteiger partial charge in [0, 0.05) is 22.9 Å². The molecular weight excluding hydrogens is 358 g/mol. The quantitative estimate of drug-likeness (QED) is 0.802. The van der Waals surface area contributed by atoms with E-state index in [9.17, 15) is 9.90 Å². The first kappa shape index (κ1) is 19.2. The minimum atomic E-state index is -1.46. The van der Waals surface area contributed by atoms with Crippen LogP contribution in [-0.4, -0.2) is 41.2 Å². The van der Waals surface area contributed by atoms with E-state index in [1.807, 2.05) is 17.5 Å². The van der Waals surface area contributed by atoms with Gasteiger partial charge in [0.05, 0.1) is 0 Å². The Balaban J connectivity index is 0.00000182. The minimum Gasteiger partial charge on any atom is -0.458 e. The average Bonchev–Trinajstić information content (AvgIpc) is 3.31. The molecule has 3 heterocycles. The van der Waals surface area contributed by atoms with Gasteiger partial charge in [0.25, 0.3) is 0 Å². The summed E-state index contributed by atoms with van der Waals surface area (Å²) in [5.41, 5.74) is -1.46. The SMILES string of the molecule is CN1[C@@H]2CC[C@@H](OC(=O)[C@](O)(c3cccs3)C3CCCC3)[C@@H]1CC2.Cl. The van der Waals surface area contributed by atoms with Crippen molar-refractivity contribution in [2.45, 2.75) is 75.2 Å². The Kier molecular flexibility index (Phi) is 5.78. The molecule has 2 bridgehead atoms. The fraction of sp³-hybridized carbons (Fsp3) is 0.737. The molecule has 0 aromatic carbocycles. The summed E-state index contributed by atoms with van der Waals surface area (Å²) < 4.78 is 5.97. The number of aliphatic hydroxyl groups is 1. The van der Waals surface area contributed by atoms with Crippen LogP contribution in [0.4, 0.5) is 0 Å². The molecular formula is C19H28ClNO3S. The molecule has 1 N–H and O–H groups in total. The summed E-state index contributed by atoms with van der Waals surface area (Å²) in [7, 11) is 2.14. The van der Waals surface area contributed by atoms with Gasteiger partial charge in [-0.3, -0.25) is 4.90 Å². The number of nitrogens with zero attached hydrogens (tertiary/aromatic N) is 1. The van der Waals surface area contributed by atoms with Gasteiger partial charge < -0.3 is 9.84 Å². The second-order valence-electron chi connectivity index (χ2n) is 7.71. The van der Waals surface area contributed by atoms with E-state index in [-0.39, 0.29) is 24.4 Å². The van der Waals surface area contributed by atoms with E-state index >= 15 is 0 Å². The van der Waals surface area contributed by atoms with Crippen molar-refractivity contribution in [1.82, 2.24) is 4.90 Å². The van der Waals surface area contributed by atoms with Crippen molar-refractivity contribution in [3.05, 3.63) is 22.4 Å². The molecule has 1 saturated carbocycles. The molecule has 2 aliphatic heterocycles. The Morgan fingerprint density at radius 1 is 1.24 bits per heavy atom. The molecule has 3 fully saturated rings. The highest BCUT2D eigenvalue weighted by atomic mass is 35.5. The summed E-state index contributed by atoms with van der Waals surface area (Å²) >= 11 is 1.46. The number of esters is 1. The predicted molar refractivity (Wildman–Crippen MR) is 101 cm³/mol. The lowest BCUT2D eigenvalue weighted by Gasteiger charge is -2.39. The zero-order valence-corrected chi connectivity index (χ0v) is 16.4. The summed E-state index contributed by atoms with van der Waals surface area (Å²) in [5.74, 6) is -0.429. The van der Waals surface area contributed by atoms with Crippen LogP contribution in [0.25, 0.3) is 0 Å². The number of carbonyl (C=O) groups is 1. The van der Waals surface area contributed by atoms with Crippen LogP contribution >= 0.6 is 23.7 Å². The van der Waals surface area contributed by atoms with Gasteiger partial charge in [-0.15, -0.1) is 23.7 Å². The van der Waals surface area contributed by atoms with Gasteiger partial charge >= 0.3 is 5.97 Å². The Bertz CT molecular complexity index is 589. The van der Waals surface area contributed by atoms with E-state index in [0.717, 1.165) is 49.8 Å². The average molecular weight is 386 g/mol. The van der Waals surface area contributed by atoms with Gasteiger partial charge in [0.15, 0.2) is 5.60 Å². The third-order valence-electron chi connectivity index (χ3n) is 6.52. The summed E-state index contributed by atoms with van der Waals surface area (Å²) in [6, 6.07) is 4.76. The second kappa shape index (κ2) is 7.55. The monoisotopic (exact) mass is 385 g/mol. The number of hydrogen-bond acceptors (Lipinski definition) is 5. The van der Waals surface area contributed by atoms with Crippen LogP contribution in [0.3, 0.4) is 0 Å². The van der Waals surface area contributed by atoms with Crippen LogP contribution in [0.5, 0.6) is 0 Å². The molecule has 0 spiro atoms. The molecule has 3 aliphatic rings. The fourth-order valence-corrected chi connectivity index (χ4v) is 5.95. The number of piperidine rings is 1. The lowest BCUT2D eigenvalue weighted by atomic mass is 9.84. The first-order valence-corrected chi connectivity index (χ1v) is 10.2. The molecule has 1 aromatic heterocycles. The molecule has 1 aliphatic carbocycles. The number of halogens is 1. The topological polar surface area (TPSA) is 49.8 Å². The van der Waals surface area contributed by atoms with E-state index < -0.39 is 11.6 Å². The lowest BCUT2D eigenvalue weighted by Crippen LogP contribution is -2.50. The molecule has 1 aromatic rings. The van der Waals surface area contributed by atoms with Gasteiger partial charge in [0.2, 0.25) is 0 Å². The molecule has 4 atom stereocenters. The Morgan fingerprint density at radius 3 is 2.64 bits per heavy atom. The fourth-order valence-electron chi connectivity index (χ4n) is 5.06.